The highest BCUT2D eigenvalue weighted by molar-refractivity contribution is 7.09. The van der Waals surface area contributed by atoms with Crippen molar-refractivity contribution in [2.24, 2.45) is 5.92 Å². The molecule has 2 heterocycles. The number of hydrogen-bond acceptors (Lipinski definition) is 4. The Morgan fingerprint density at radius 2 is 2.57 bits per heavy atom. The summed E-state index contributed by atoms with van der Waals surface area (Å²) in [7, 11) is 0. The van der Waals surface area contributed by atoms with Crippen molar-refractivity contribution in [2.75, 3.05) is 19.7 Å². The fourth-order valence-electron chi connectivity index (χ4n) is 2.00. The zero-order valence-electron chi connectivity index (χ0n) is 8.22. The molecular weight excluding hydrogens is 196 g/mol. The van der Waals surface area contributed by atoms with Crippen LogP contribution in [0.1, 0.15) is 17.8 Å². The van der Waals surface area contributed by atoms with Gasteiger partial charge in [0.15, 0.2) is 0 Å². The predicted molar refractivity (Wildman–Crippen MR) is 57.2 cm³/mol. The van der Waals surface area contributed by atoms with Crippen molar-refractivity contribution < 1.29 is 5.11 Å². The lowest BCUT2D eigenvalue weighted by molar-refractivity contribution is 0.249. The average Bonchev–Trinajstić information content (AvgIpc) is 2.79. The number of hydrogen-bond donors (Lipinski definition) is 1. The Morgan fingerprint density at radius 3 is 3.29 bits per heavy atom. The smallest absolute Gasteiger partial charge is 0.107 e. The van der Waals surface area contributed by atoms with Gasteiger partial charge in [0.2, 0.25) is 0 Å². The molecule has 14 heavy (non-hydrogen) atoms. The Balaban J connectivity index is 1.79. The number of likely N-dealkylation sites (tertiary alicyclic amines) is 1. The van der Waals surface area contributed by atoms with E-state index in [-0.39, 0.29) is 0 Å². The largest absolute Gasteiger partial charge is 0.396 e. The number of aromatic nitrogens is 1. The van der Waals surface area contributed by atoms with E-state index in [1.54, 1.807) is 11.3 Å². The van der Waals surface area contributed by atoms with Crippen LogP contribution < -0.4 is 0 Å². The van der Waals surface area contributed by atoms with Crippen molar-refractivity contribution in [3.63, 3.8) is 0 Å². The van der Waals surface area contributed by atoms with Crippen LogP contribution in [0.4, 0.5) is 0 Å². The summed E-state index contributed by atoms with van der Waals surface area (Å²) in [6.07, 6.45) is 4.04. The molecular formula is C10H16N2OS. The van der Waals surface area contributed by atoms with Gasteiger partial charge in [0, 0.05) is 24.7 Å². The van der Waals surface area contributed by atoms with Gasteiger partial charge in [-0.15, -0.1) is 11.3 Å². The zero-order chi connectivity index (χ0) is 9.80. The SMILES string of the molecule is OCCC1CCN(Cc2nccs2)C1. The average molecular weight is 212 g/mol. The van der Waals surface area contributed by atoms with E-state index >= 15 is 0 Å². The lowest BCUT2D eigenvalue weighted by Crippen LogP contribution is -2.20. The first-order valence-electron chi connectivity index (χ1n) is 5.10. The minimum atomic E-state index is 0.329. The van der Waals surface area contributed by atoms with E-state index in [0.717, 1.165) is 26.1 Å². The lowest BCUT2D eigenvalue weighted by Gasteiger charge is -2.13. The fraction of sp³-hybridized carbons (Fsp3) is 0.700. The Morgan fingerprint density at radius 1 is 1.64 bits per heavy atom. The molecule has 1 aromatic heterocycles. The first-order chi connectivity index (χ1) is 6.88. The van der Waals surface area contributed by atoms with Gasteiger partial charge in [-0.2, -0.15) is 0 Å². The highest BCUT2D eigenvalue weighted by atomic mass is 32.1. The monoisotopic (exact) mass is 212 g/mol. The number of rotatable bonds is 4. The van der Waals surface area contributed by atoms with E-state index in [2.05, 4.69) is 9.88 Å². The van der Waals surface area contributed by atoms with Gasteiger partial charge >= 0.3 is 0 Å². The molecule has 1 atom stereocenters. The molecule has 1 unspecified atom stereocenters. The van der Waals surface area contributed by atoms with Crippen LogP contribution in [0.2, 0.25) is 0 Å². The maximum atomic E-state index is 8.84. The van der Waals surface area contributed by atoms with Crippen molar-refractivity contribution in [3.05, 3.63) is 16.6 Å². The molecule has 0 spiro atoms. The molecule has 0 bridgehead atoms. The molecule has 0 aromatic carbocycles. The third-order valence-corrected chi connectivity index (χ3v) is 3.51. The zero-order valence-corrected chi connectivity index (χ0v) is 9.04. The molecule has 0 aliphatic carbocycles. The highest BCUT2D eigenvalue weighted by Crippen LogP contribution is 2.21. The molecule has 2 rings (SSSR count). The number of thiazole rings is 1. The summed E-state index contributed by atoms with van der Waals surface area (Å²) in [4.78, 5) is 6.71. The Labute approximate surface area is 88.4 Å². The summed E-state index contributed by atoms with van der Waals surface area (Å²) in [5.74, 6) is 0.694. The van der Waals surface area contributed by atoms with Crippen molar-refractivity contribution in [3.8, 4) is 0 Å². The summed E-state index contributed by atoms with van der Waals surface area (Å²) < 4.78 is 0. The summed E-state index contributed by atoms with van der Waals surface area (Å²) in [6, 6.07) is 0. The molecule has 1 saturated heterocycles. The highest BCUT2D eigenvalue weighted by Gasteiger charge is 2.22. The van der Waals surface area contributed by atoms with Gasteiger partial charge < -0.3 is 5.11 Å². The minimum absolute atomic E-state index is 0.329. The van der Waals surface area contributed by atoms with Gasteiger partial charge in [0.25, 0.3) is 0 Å². The van der Waals surface area contributed by atoms with Crippen molar-refractivity contribution in [2.45, 2.75) is 19.4 Å². The van der Waals surface area contributed by atoms with Crippen LogP contribution >= 0.6 is 11.3 Å². The summed E-state index contributed by atoms with van der Waals surface area (Å²) in [5.41, 5.74) is 0. The van der Waals surface area contributed by atoms with E-state index < -0.39 is 0 Å². The van der Waals surface area contributed by atoms with Gasteiger partial charge in [-0.05, 0) is 25.3 Å². The van der Waals surface area contributed by atoms with E-state index in [0.29, 0.717) is 12.5 Å². The van der Waals surface area contributed by atoms with Gasteiger partial charge in [0.1, 0.15) is 5.01 Å². The molecule has 78 valence electrons. The third-order valence-electron chi connectivity index (χ3n) is 2.75. The minimum Gasteiger partial charge on any atom is -0.396 e. The molecule has 0 saturated carbocycles. The number of aliphatic hydroxyl groups excluding tert-OH is 1. The first kappa shape index (κ1) is 10.1. The van der Waals surface area contributed by atoms with Gasteiger partial charge in [-0.25, -0.2) is 4.98 Å². The topological polar surface area (TPSA) is 36.4 Å². The molecule has 1 aromatic rings. The second kappa shape index (κ2) is 4.87. The maximum Gasteiger partial charge on any atom is 0.107 e. The molecule has 3 nitrogen and oxygen atoms in total. The molecule has 0 amide bonds. The molecule has 1 aliphatic heterocycles. The second-order valence-electron chi connectivity index (χ2n) is 3.83. The van der Waals surface area contributed by atoms with Gasteiger partial charge in [-0.3, -0.25) is 4.90 Å². The summed E-state index contributed by atoms with van der Waals surface area (Å²) >= 11 is 1.72. The normalized spacial score (nSPS) is 23.1. The van der Waals surface area contributed by atoms with E-state index in [1.165, 1.54) is 11.4 Å². The van der Waals surface area contributed by atoms with E-state index in [9.17, 15) is 0 Å². The standard InChI is InChI=1S/C10H16N2OS/c13-5-2-9-1-4-12(7-9)8-10-11-3-6-14-10/h3,6,9,13H,1-2,4-5,7-8H2. The molecule has 1 fully saturated rings. The predicted octanol–water partition coefficient (Wildman–Crippen LogP) is 1.35. The van der Waals surface area contributed by atoms with Crippen molar-refractivity contribution in [1.82, 2.24) is 9.88 Å². The van der Waals surface area contributed by atoms with E-state index in [4.69, 9.17) is 5.11 Å². The van der Waals surface area contributed by atoms with Crippen LogP contribution in [0.25, 0.3) is 0 Å². The second-order valence-corrected chi connectivity index (χ2v) is 4.81. The van der Waals surface area contributed by atoms with Crippen LogP contribution in [0.5, 0.6) is 0 Å². The Bertz CT molecular complexity index is 263. The molecule has 4 heteroatoms. The third kappa shape index (κ3) is 2.53. The van der Waals surface area contributed by atoms with E-state index in [1.807, 2.05) is 11.6 Å². The number of nitrogens with zero attached hydrogens (tertiary/aromatic N) is 2. The number of aliphatic hydroxyl groups is 1. The van der Waals surface area contributed by atoms with Crippen LogP contribution in [0.15, 0.2) is 11.6 Å². The molecule has 0 radical (unpaired) electrons. The molecule has 1 aliphatic rings. The maximum absolute atomic E-state index is 8.84. The Kier molecular flexibility index (Phi) is 3.50. The van der Waals surface area contributed by atoms with Crippen LogP contribution in [-0.2, 0) is 6.54 Å². The van der Waals surface area contributed by atoms with Crippen LogP contribution in [-0.4, -0.2) is 34.7 Å². The van der Waals surface area contributed by atoms with Gasteiger partial charge in [-0.1, -0.05) is 0 Å². The van der Waals surface area contributed by atoms with Crippen molar-refractivity contribution >= 4 is 11.3 Å². The summed E-state index contributed by atoms with van der Waals surface area (Å²) in [6.45, 7) is 3.60. The fourth-order valence-corrected chi connectivity index (χ4v) is 2.65. The van der Waals surface area contributed by atoms with Crippen LogP contribution in [0, 0.1) is 5.92 Å². The van der Waals surface area contributed by atoms with Crippen LogP contribution in [0.3, 0.4) is 0 Å². The lowest BCUT2D eigenvalue weighted by atomic mass is 10.1. The Hall–Kier alpha value is -0.450. The molecule has 1 N–H and O–H groups in total. The van der Waals surface area contributed by atoms with Gasteiger partial charge in [0.05, 0.1) is 6.54 Å². The quantitative estimate of drug-likeness (QED) is 0.818. The first-order valence-corrected chi connectivity index (χ1v) is 5.98. The summed E-state index contributed by atoms with van der Waals surface area (Å²) in [5, 5.41) is 12.1. The van der Waals surface area contributed by atoms with Crippen molar-refractivity contribution in [1.29, 1.82) is 0 Å².